The van der Waals surface area contributed by atoms with Gasteiger partial charge >= 0.3 is 12.1 Å². The maximum atomic E-state index is 13.0. The zero-order chi connectivity index (χ0) is 24.2. The lowest BCUT2D eigenvalue weighted by atomic mass is 10.1. The Morgan fingerprint density at radius 3 is 2.73 bits per heavy atom. The first-order chi connectivity index (χ1) is 15.6. The van der Waals surface area contributed by atoms with Gasteiger partial charge in [-0.25, -0.2) is 9.48 Å². The number of likely N-dealkylation sites (tertiary alicyclic amines) is 1. The first-order valence-electron chi connectivity index (χ1n) is 10.4. The monoisotopic (exact) mass is 465 g/mol. The van der Waals surface area contributed by atoms with Gasteiger partial charge in [0.25, 0.3) is 0 Å². The number of benzene rings is 1. The average Bonchev–Trinajstić information content (AvgIpc) is 3.42. The Morgan fingerprint density at radius 1 is 1.30 bits per heavy atom. The first-order valence-corrected chi connectivity index (χ1v) is 10.4. The summed E-state index contributed by atoms with van der Waals surface area (Å²) in [6.45, 7) is 4.91. The van der Waals surface area contributed by atoms with Gasteiger partial charge in [0.15, 0.2) is 5.69 Å². The van der Waals surface area contributed by atoms with Crippen molar-refractivity contribution < 1.29 is 27.5 Å². The molecule has 11 heteroatoms. The number of carbonyl (C=O) groups excluding carboxylic acids is 2. The van der Waals surface area contributed by atoms with Gasteiger partial charge in [0.05, 0.1) is 31.0 Å². The van der Waals surface area contributed by atoms with E-state index in [1.165, 1.54) is 25.4 Å². The molecule has 0 saturated carbocycles. The summed E-state index contributed by atoms with van der Waals surface area (Å²) in [5.74, 6) is -0.888. The van der Waals surface area contributed by atoms with Gasteiger partial charge in [-0.3, -0.25) is 9.69 Å². The van der Waals surface area contributed by atoms with Crippen molar-refractivity contribution in [2.24, 2.45) is 0 Å². The summed E-state index contributed by atoms with van der Waals surface area (Å²) >= 11 is 0. The number of esters is 1. The van der Waals surface area contributed by atoms with Crippen LogP contribution in [0.5, 0.6) is 0 Å². The SMILES string of the molecule is COC(=O)c1cn([C@@H]2C[C@@H](C(=O)NCc3cccc(C(F)(F)F)c3)N(CC=C(C)C)C2)nn1. The Morgan fingerprint density at radius 2 is 2.06 bits per heavy atom. The molecule has 33 heavy (non-hydrogen) atoms. The normalized spacial score (nSPS) is 18.7. The van der Waals surface area contributed by atoms with Crippen molar-refractivity contribution in [3.8, 4) is 0 Å². The third-order valence-corrected chi connectivity index (χ3v) is 5.42. The topological polar surface area (TPSA) is 89.4 Å². The quantitative estimate of drug-likeness (QED) is 0.500. The van der Waals surface area contributed by atoms with Gasteiger partial charge in [0.2, 0.25) is 5.91 Å². The number of amides is 1. The highest BCUT2D eigenvalue weighted by molar-refractivity contribution is 5.86. The van der Waals surface area contributed by atoms with Crippen LogP contribution in [0, 0.1) is 0 Å². The van der Waals surface area contributed by atoms with E-state index in [9.17, 15) is 22.8 Å². The number of hydrogen-bond acceptors (Lipinski definition) is 6. The maximum Gasteiger partial charge on any atom is 0.416 e. The van der Waals surface area contributed by atoms with Crippen LogP contribution >= 0.6 is 0 Å². The number of ether oxygens (including phenoxy) is 1. The van der Waals surface area contributed by atoms with Gasteiger partial charge in [0, 0.05) is 19.6 Å². The van der Waals surface area contributed by atoms with Crippen molar-refractivity contribution in [1.29, 1.82) is 0 Å². The van der Waals surface area contributed by atoms with Crippen molar-refractivity contribution in [2.45, 2.75) is 45.1 Å². The number of alkyl halides is 3. The summed E-state index contributed by atoms with van der Waals surface area (Å²) in [7, 11) is 1.25. The van der Waals surface area contributed by atoms with Crippen molar-refractivity contribution in [2.75, 3.05) is 20.2 Å². The average molecular weight is 465 g/mol. The second kappa shape index (κ2) is 10.2. The lowest BCUT2D eigenvalue weighted by Gasteiger charge is -2.22. The van der Waals surface area contributed by atoms with E-state index in [1.54, 1.807) is 4.68 Å². The number of aromatic nitrogens is 3. The van der Waals surface area contributed by atoms with Gasteiger partial charge < -0.3 is 10.1 Å². The Hall–Kier alpha value is -3.21. The Balaban J connectivity index is 1.71. The standard InChI is InChI=1S/C22H26F3N5O3/c1-14(2)7-8-29-12-17(30-13-18(27-28-30)21(32)33-3)10-19(29)20(31)26-11-15-5-4-6-16(9-15)22(23,24)25/h4-7,9,13,17,19H,8,10-12H2,1-3H3,(H,26,31)/t17-,19+/m1/s1. The fraction of sp³-hybridized carbons (Fsp3) is 0.455. The molecule has 1 fully saturated rings. The summed E-state index contributed by atoms with van der Waals surface area (Å²) in [5, 5.41) is 10.6. The summed E-state index contributed by atoms with van der Waals surface area (Å²) in [6.07, 6.45) is -0.551. The van der Waals surface area contributed by atoms with Gasteiger partial charge in [-0.05, 0) is 38.0 Å². The summed E-state index contributed by atoms with van der Waals surface area (Å²) in [6, 6.07) is 4.17. The smallest absolute Gasteiger partial charge is 0.416 e. The molecule has 1 N–H and O–H groups in total. The van der Waals surface area contributed by atoms with Crippen LogP contribution in [-0.4, -0.2) is 58.0 Å². The number of allylic oxidation sites excluding steroid dienone is 1. The maximum absolute atomic E-state index is 13.0. The summed E-state index contributed by atoms with van der Waals surface area (Å²) in [4.78, 5) is 26.6. The van der Waals surface area contributed by atoms with E-state index >= 15 is 0 Å². The van der Waals surface area contributed by atoms with Gasteiger partial charge in [-0.15, -0.1) is 5.10 Å². The third kappa shape index (κ3) is 6.19. The third-order valence-electron chi connectivity index (χ3n) is 5.42. The van der Waals surface area contributed by atoms with Crippen LogP contribution in [0.2, 0.25) is 0 Å². The number of carbonyl (C=O) groups is 2. The Bertz CT molecular complexity index is 1030. The molecule has 0 unspecified atom stereocenters. The lowest BCUT2D eigenvalue weighted by molar-refractivity contribution is -0.137. The lowest BCUT2D eigenvalue weighted by Crippen LogP contribution is -2.43. The zero-order valence-corrected chi connectivity index (χ0v) is 18.6. The van der Waals surface area contributed by atoms with Crippen LogP contribution in [0.3, 0.4) is 0 Å². The molecule has 0 radical (unpaired) electrons. The van der Waals surface area contributed by atoms with Crippen LogP contribution in [-0.2, 0) is 22.3 Å². The van der Waals surface area contributed by atoms with E-state index in [1.807, 2.05) is 24.8 Å². The molecule has 0 bridgehead atoms. The minimum absolute atomic E-state index is 0.0176. The molecule has 1 aromatic carbocycles. The van der Waals surface area contributed by atoms with E-state index in [0.717, 1.165) is 17.7 Å². The first kappa shape index (κ1) is 24.4. The fourth-order valence-corrected chi connectivity index (χ4v) is 3.66. The minimum atomic E-state index is -4.44. The molecule has 1 aliphatic rings. The summed E-state index contributed by atoms with van der Waals surface area (Å²) < 4.78 is 45.0. The number of nitrogens with one attached hydrogen (secondary N) is 1. The summed E-state index contributed by atoms with van der Waals surface area (Å²) in [5.41, 5.74) is 0.775. The molecule has 2 atom stereocenters. The highest BCUT2D eigenvalue weighted by atomic mass is 19.4. The van der Waals surface area contributed by atoms with Crippen LogP contribution in [0.1, 0.15) is 47.9 Å². The number of methoxy groups -OCH3 is 1. The number of halogens is 3. The van der Waals surface area contributed by atoms with Crippen LogP contribution in [0.15, 0.2) is 42.1 Å². The second-order valence-corrected chi connectivity index (χ2v) is 8.13. The predicted octanol–water partition coefficient (Wildman–Crippen LogP) is 2.98. The van der Waals surface area contributed by atoms with Gasteiger partial charge in [0.1, 0.15) is 0 Å². The number of hydrogen-bond donors (Lipinski definition) is 1. The van der Waals surface area contributed by atoms with E-state index in [2.05, 4.69) is 20.4 Å². The van der Waals surface area contributed by atoms with Crippen LogP contribution in [0.4, 0.5) is 13.2 Å². The van der Waals surface area contributed by atoms with E-state index in [4.69, 9.17) is 0 Å². The van der Waals surface area contributed by atoms with E-state index < -0.39 is 23.8 Å². The fourth-order valence-electron chi connectivity index (χ4n) is 3.66. The molecule has 1 amide bonds. The molecule has 0 spiro atoms. The highest BCUT2D eigenvalue weighted by Crippen LogP contribution is 2.30. The molecule has 2 aromatic rings. The molecule has 8 nitrogen and oxygen atoms in total. The van der Waals surface area contributed by atoms with E-state index in [0.29, 0.717) is 25.1 Å². The molecule has 1 aromatic heterocycles. The van der Waals surface area contributed by atoms with Crippen LogP contribution in [0.25, 0.3) is 0 Å². The molecule has 2 heterocycles. The molecular weight excluding hydrogens is 439 g/mol. The van der Waals surface area contributed by atoms with Crippen molar-refractivity contribution in [3.05, 3.63) is 58.9 Å². The highest BCUT2D eigenvalue weighted by Gasteiger charge is 2.38. The molecule has 1 aliphatic heterocycles. The largest absolute Gasteiger partial charge is 0.464 e. The van der Waals surface area contributed by atoms with Gasteiger partial charge in [-0.2, -0.15) is 13.2 Å². The minimum Gasteiger partial charge on any atom is -0.464 e. The number of rotatable bonds is 7. The van der Waals surface area contributed by atoms with Crippen molar-refractivity contribution >= 4 is 11.9 Å². The predicted molar refractivity (Wildman–Crippen MR) is 113 cm³/mol. The van der Waals surface area contributed by atoms with Crippen molar-refractivity contribution in [3.63, 3.8) is 0 Å². The zero-order valence-electron chi connectivity index (χ0n) is 18.6. The molecule has 178 valence electrons. The Labute approximate surface area is 189 Å². The van der Waals surface area contributed by atoms with Crippen molar-refractivity contribution in [1.82, 2.24) is 25.2 Å². The molecular formula is C22H26F3N5O3. The molecule has 3 rings (SSSR count). The van der Waals surface area contributed by atoms with E-state index in [-0.39, 0.29) is 24.2 Å². The van der Waals surface area contributed by atoms with Crippen LogP contribution < -0.4 is 5.32 Å². The van der Waals surface area contributed by atoms with Gasteiger partial charge in [-0.1, -0.05) is 29.0 Å². The molecule has 0 aliphatic carbocycles. The second-order valence-electron chi connectivity index (χ2n) is 8.13. The number of nitrogens with zero attached hydrogens (tertiary/aromatic N) is 4. The Kier molecular flexibility index (Phi) is 7.52. The molecule has 1 saturated heterocycles.